The van der Waals surface area contributed by atoms with Gasteiger partial charge in [0.15, 0.2) is 5.78 Å². The minimum atomic E-state index is 0.143. The molecule has 86 valence electrons. The maximum atomic E-state index is 12.6. The Morgan fingerprint density at radius 3 is 2.67 bits per heavy atom. The topological polar surface area (TPSA) is 32.9 Å². The molecule has 2 aromatic carbocycles. The molecule has 1 N–H and O–H groups in total. The summed E-state index contributed by atoms with van der Waals surface area (Å²) >= 11 is 0. The Labute approximate surface area is 104 Å². The lowest BCUT2D eigenvalue weighted by Crippen LogP contribution is -2.13. The molecule has 0 radical (unpaired) electrons. The molecule has 1 aliphatic carbocycles. The van der Waals surface area contributed by atoms with Gasteiger partial charge in [0.1, 0.15) is 0 Å². The van der Waals surface area contributed by atoms with Gasteiger partial charge >= 0.3 is 0 Å². The van der Waals surface area contributed by atoms with E-state index in [1.165, 1.54) is 0 Å². The number of benzene rings is 2. The Kier molecular flexibility index (Phi) is 1.78. The molecule has 2 nitrogen and oxygen atoms in total. The van der Waals surface area contributed by atoms with Crippen molar-refractivity contribution in [1.82, 2.24) is 4.98 Å². The molecule has 4 rings (SSSR count). The lowest BCUT2D eigenvalue weighted by Gasteiger charge is -2.14. The zero-order valence-corrected chi connectivity index (χ0v) is 9.73. The Bertz CT molecular complexity index is 783. The molecule has 1 aliphatic rings. The lowest BCUT2D eigenvalue weighted by atomic mass is 9.88. The van der Waals surface area contributed by atoms with Gasteiger partial charge in [-0.1, -0.05) is 42.5 Å². The second-order valence-electron chi connectivity index (χ2n) is 4.69. The largest absolute Gasteiger partial charge is 0.357 e. The second-order valence-corrected chi connectivity index (χ2v) is 4.69. The third-order valence-electron chi connectivity index (χ3n) is 3.64. The Morgan fingerprint density at radius 2 is 1.72 bits per heavy atom. The quantitative estimate of drug-likeness (QED) is 0.496. The van der Waals surface area contributed by atoms with Crippen molar-refractivity contribution in [2.45, 2.75) is 6.42 Å². The monoisotopic (exact) mass is 233 g/mol. The van der Waals surface area contributed by atoms with E-state index in [1.807, 2.05) is 48.5 Å². The van der Waals surface area contributed by atoms with Gasteiger partial charge < -0.3 is 4.98 Å². The SMILES string of the molecule is O=C1c2ccccc2Cc2[nH]c3ccccc3c21. The standard InChI is InChI=1S/C16H11NO/c18-16-11-6-2-1-5-10(11)9-14-15(16)12-7-3-4-8-13(12)17-14/h1-8,17H,9H2. The number of carbonyl (C=O) groups excluding carboxylic acids is 1. The van der Waals surface area contributed by atoms with E-state index in [-0.39, 0.29) is 5.78 Å². The predicted octanol–water partition coefficient (Wildman–Crippen LogP) is 3.30. The molecule has 0 aliphatic heterocycles. The van der Waals surface area contributed by atoms with Gasteiger partial charge in [-0.25, -0.2) is 0 Å². The highest BCUT2D eigenvalue weighted by Gasteiger charge is 2.26. The summed E-state index contributed by atoms with van der Waals surface area (Å²) in [5, 5.41) is 1.03. The first-order valence-electron chi connectivity index (χ1n) is 6.07. The molecule has 0 bridgehead atoms. The average molecular weight is 233 g/mol. The smallest absolute Gasteiger partial charge is 0.195 e. The summed E-state index contributed by atoms with van der Waals surface area (Å²) in [6.07, 6.45) is 0.811. The lowest BCUT2D eigenvalue weighted by molar-refractivity contribution is 0.103. The van der Waals surface area contributed by atoms with Crippen LogP contribution in [0.3, 0.4) is 0 Å². The molecule has 0 saturated heterocycles. The molecule has 0 atom stereocenters. The van der Waals surface area contributed by atoms with Crippen LogP contribution >= 0.6 is 0 Å². The molecule has 1 aromatic heterocycles. The van der Waals surface area contributed by atoms with E-state index in [0.717, 1.165) is 39.7 Å². The second kappa shape index (κ2) is 3.33. The van der Waals surface area contributed by atoms with E-state index in [1.54, 1.807) is 0 Å². The average Bonchev–Trinajstić information content (AvgIpc) is 2.77. The van der Waals surface area contributed by atoms with E-state index < -0.39 is 0 Å². The molecule has 1 heterocycles. The number of hydrogen-bond acceptors (Lipinski definition) is 1. The summed E-state index contributed by atoms with van der Waals surface area (Å²) in [7, 11) is 0. The van der Waals surface area contributed by atoms with Crippen LogP contribution in [0, 0.1) is 0 Å². The van der Waals surface area contributed by atoms with Crippen molar-refractivity contribution < 1.29 is 4.79 Å². The molecule has 0 unspecified atom stereocenters. The molecule has 0 fully saturated rings. The fraction of sp³-hybridized carbons (Fsp3) is 0.0625. The molecule has 0 spiro atoms. The van der Waals surface area contributed by atoms with Crippen LogP contribution in [0.2, 0.25) is 0 Å². The molecule has 3 aromatic rings. The minimum Gasteiger partial charge on any atom is -0.357 e. The third kappa shape index (κ3) is 1.15. The number of H-pyrrole nitrogens is 1. The first kappa shape index (κ1) is 9.66. The van der Waals surface area contributed by atoms with Gasteiger partial charge in [-0.2, -0.15) is 0 Å². The summed E-state index contributed by atoms with van der Waals surface area (Å²) in [4.78, 5) is 15.9. The molecular formula is C16H11NO. The molecular weight excluding hydrogens is 222 g/mol. The summed E-state index contributed by atoms with van der Waals surface area (Å²) in [6, 6.07) is 15.9. The van der Waals surface area contributed by atoms with Crippen molar-refractivity contribution in [1.29, 1.82) is 0 Å². The number of carbonyl (C=O) groups is 1. The van der Waals surface area contributed by atoms with Crippen LogP contribution < -0.4 is 0 Å². The molecule has 0 saturated carbocycles. The van der Waals surface area contributed by atoms with Gasteiger partial charge in [-0.05, 0) is 11.6 Å². The Hall–Kier alpha value is -2.35. The molecule has 18 heavy (non-hydrogen) atoms. The van der Waals surface area contributed by atoms with E-state index >= 15 is 0 Å². The van der Waals surface area contributed by atoms with Gasteiger partial charge in [0.05, 0.1) is 5.56 Å². The molecule has 2 heteroatoms. The van der Waals surface area contributed by atoms with Gasteiger partial charge in [-0.15, -0.1) is 0 Å². The molecule has 0 amide bonds. The maximum Gasteiger partial charge on any atom is 0.195 e. The summed E-state index contributed by atoms with van der Waals surface area (Å²) in [5.74, 6) is 0.143. The number of hydrogen-bond donors (Lipinski definition) is 1. The summed E-state index contributed by atoms with van der Waals surface area (Å²) in [5.41, 5.74) is 4.89. The Balaban J connectivity index is 2.06. The fourth-order valence-corrected chi connectivity index (χ4v) is 2.81. The van der Waals surface area contributed by atoms with E-state index in [9.17, 15) is 4.79 Å². The number of nitrogens with one attached hydrogen (secondary N) is 1. The van der Waals surface area contributed by atoms with Gasteiger partial charge in [-0.3, -0.25) is 4.79 Å². The normalized spacial score (nSPS) is 13.4. The highest BCUT2D eigenvalue weighted by molar-refractivity contribution is 6.19. The van der Waals surface area contributed by atoms with Crippen molar-refractivity contribution >= 4 is 16.7 Å². The zero-order chi connectivity index (χ0) is 12.1. The number of rotatable bonds is 0. The van der Waals surface area contributed by atoms with E-state index in [2.05, 4.69) is 4.98 Å². The minimum absolute atomic E-state index is 0.143. The van der Waals surface area contributed by atoms with Gasteiger partial charge in [0, 0.05) is 28.6 Å². The van der Waals surface area contributed by atoms with E-state index in [0.29, 0.717) is 0 Å². The van der Waals surface area contributed by atoms with Crippen molar-refractivity contribution in [2.75, 3.05) is 0 Å². The fourth-order valence-electron chi connectivity index (χ4n) is 2.81. The highest BCUT2D eigenvalue weighted by atomic mass is 16.1. The third-order valence-corrected chi connectivity index (χ3v) is 3.64. The van der Waals surface area contributed by atoms with Crippen LogP contribution in [0.15, 0.2) is 48.5 Å². The van der Waals surface area contributed by atoms with Crippen molar-refractivity contribution in [3.8, 4) is 0 Å². The number of para-hydroxylation sites is 1. The number of fused-ring (bicyclic) bond motifs is 4. The van der Waals surface area contributed by atoms with Crippen molar-refractivity contribution in [3.63, 3.8) is 0 Å². The summed E-state index contributed by atoms with van der Waals surface area (Å²) < 4.78 is 0. The first-order valence-corrected chi connectivity index (χ1v) is 6.07. The number of ketones is 1. The first-order chi connectivity index (χ1) is 8.84. The van der Waals surface area contributed by atoms with Crippen LogP contribution in [0.25, 0.3) is 10.9 Å². The van der Waals surface area contributed by atoms with Crippen LogP contribution in [-0.4, -0.2) is 10.8 Å². The van der Waals surface area contributed by atoms with Crippen LogP contribution in [0.1, 0.15) is 27.2 Å². The zero-order valence-electron chi connectivity index (χ0n) is 9.73. The van der Waals surface area contributed by atoms with Crippen LogP contribution in [0.5, 0.6) is 0 Å². The maximum absolute atomic E-state index is 12.6. The number of aromatic nitrogens is 1. The van der Waals surface area contributed by atoms with Crippen LogP contribution in [0.4, 0.5) is 0 Å². The summed E-state index contributed by atoms with van der Waals surface area (Å²) in [6.45, 7) is 0. The van der Waals surface area contributed by atoms with Gasteiger partial charge in [0.25, 0.3) is 0 Å². The predicted molar refractivity (Wildman–Crippen MR) is 71.0 cm³/mol. The Morgan fingerprint density at radius 1 is 0.944 bits per heavy atom. The van der Waals surface area contributed by atoms with Crippen molar-refractivity contribution in [3.05, 3.63) is 70.9 Å². The highest BCUT2D eigenvalue weighted by Crippen LogP contribution is 2.32. The van der Waals surface area contributed by atoms with Crippen LogP contribution in [-0.2, 0) is 6.42 Å². The number of aromatic amines is 1. The van der Waals surface area contributed by atoms with Gasteiger partial charge in [0.2, 0.25) is 0 Å². The van der Waals surface area contributed by atoms with Crippen molar-refractivity contribution in [2.24, 2.45) is 0 Å². The van der Waals surface area contributed by atoms with E-state index in [4.69, 9.17) is 0 Å².